The second kappa shape index (κ2) is 6.73. The van der Waals surface area contributed by atoms with Crippen molar-refractivity contribution in [2.24, 2.45) is 11.8 Å². The molecule has 1 N–H and O–H groups in total. The first-order valence-corrected chi connectivity index (χ1v) is 7.77. The lowest BCUT2D eigenvalue weighted by atomic mass is 9.92. The van der Waals surface area contributed by atoms with E-state index in [9.17, 15) is 4.79 Å². The van der Waals surface area contributed by atoms with Crippen LogP contribution in [0.15, 0.2) is 16.8 Å². The van der Waals surface area contributed by atoms with Crippen LogP contribution in [0, 0.1) is 11.8 Å². The van der Waals surface area contributed by atoms with Crippen LogP contribution in [-0.4, -0.2) is 37.0 Å². The molecule has 3 heterocycles. The average molecular weight is 301 g/mol. The fourth-order valence-corrected chi connectivity index (χ4v) is 3.82. The van der Waals surface area contributed by atoms with Crippen molar-refractivity contribution in [1.82, 2.24) is 10.2 Å². The molecule has 2 atom stereocenters. The first-order chi connectivity index (χ1) is 8.83. The number of rotatable bonds is 2. The molecule has 1 amide bonds. The molecular weight excluding hydrogens is 280 g/mol. The van der Waals surface area contributed by atoms with E-state index in [1.54, 1.807) is 11.3 Å². The van der Waals surface area contributed by atoms with E-state index in [-0.39, 0.29) is 12.4 Å². The number of hydrogen-bond donors (Lipinski definition) is 1. The van der Waals surface area contributed by atoms with Gasteiger partial charge >= 0.3 is 0 Å². The van der Waals surface area contributed by atoms with E-state index in [2.05, 4.69) is 21.7 Å². The van der Waals surface area contributed by atoms with Crippen LogP contribution in [0.4, 0.5) is 0 Å². The second-order valence-electron chi connectivity index (χ2n) is 5.44. The summed E-state index contributed by atoms with van der Waals surface area (Å²) in [7, 11) is 0. The number of nitrogens with zero attached hydrogens (tertiary/aromatic N) is 1. The van der Waals surface area contributed by atoms with E-state index in [1.807, 2.05) is 5.38 Å². The van der Waals surface area contributed by atoms with Crippen molar-refractivity contribution in [2.75, 3.05) is 26.2 Å². The summed E-state index contributed by atoms with van der Waals surface area (Å²) in [5.74, 6) is 1.90. The lowest BCUT2D eigenvalue weighted by Crippen LogP contribution is -2.33. The number of thiophene rings is 1. The summed E-state index contributed by atoms with van der Waals surface area (Å²) in [4.78, 5) is 14.3. The molecule has 2 saturated heterocycles. The summed E-state index contributed by atoms with van der Waals surface area (Å²) < 4.78 is 0. The van der Waals surface area contributed by atoms with Crippen molar-refractivity contribution < 1.29 is 4.79 Å². The van der Waals surface area contributed by atoms with Gasteiger partial charge in [0.05, 0.1) is 6.42 Å². The Kier molecular flexibility index (Phi) is 5.25. The number of hydrogen-bond acceptors (Lipinski definition) is 3. The predicted molar refractivity (Wildman–Crippen MR) is 80.9 cm³/mol. The van der Waals surface area contributed by atoms with Crippen LogP contribution in [0.25, 0.3) is 0 Å². The molecule has 0 aromatic carbocycles. The van der Waals surface area contributed by atoms with Gasteiger partial charge in [0.25, 0.3) is 0 Å². The van der Waals surface area contributed by atoms with Gasteiger partial charge in [0.15, 0.2) is 0 Å². The van der Waals surface area contributed by atoms with Crippen molar-refractivity contribution in [3.63, 3.8) is 0 Å². The minimum absolute atomic E-state index is 0. The third-order valence-electron chi connectivity index (χ3n) is 4.31. The highest BCUT2D eigenvalue weighted by atomic mass is 35.5. The minimum atomic E-state index is 0. The number of amides is 1. The Balaban J connectivity index is 0.00000133. The summed E-state index contributed by atoms with van der Waals surface area (Å²) in [6.45, 7) is 4.20. The maximum Gasteiger partial charge on any atom is 0.227 e. The molecule has 2 aliphatic heterocycles. The molecule has 0 aliphatic carbocycles. The van der Waals surface area contributed by atoms with Gasteiger partial charge in [-0.1, -0.05) is 0 Å². The van der Waals surface area contributed by atoms with Crippen molar-refractivity contribution in [2.45, 2.75) is 19.3 Å². The van der Waals surface area contributed by atoms with Gasteiger partial charge in [-0.25, -0.2) is 0 Å². The molecule has 0 saturated carbocycles. The van der Waals surface area contributed by atoms with Crippen LogP contribution >= 0.6 is 23.7 Å². The standard InChI is InChI=1S/C14H20N2OS.ClH/c17-14(7-11-3-6-18-10-11)16-4-1-12-8-15-9-13(12)2-5-16;/h3,6,10,12-13,15H,1-2,4-5,7-9H2;1H/t12-,13+;. The zero-order valence-electron chi connectivity index (χ0n) is 11.0. The van der Waals surface area contributed by atoms with E-state index in [4.69, 9.17) is 0 Å². The maximum absolute atomic E-state index is 12.3. The predicted octanol–water partition coefficient (Wildman–Crippen LogP) is 2.17. The summed E-state index contributed by atoms with van der Waals surface area (Å²) in [5.41, 5.74) is 1.16. The van der Waals surface area contributed by atoms with E-state index in [0.717, 1.165) is 43.6 Å². The number of fused-ring (bicyclic) bond motifs is 1. The molecule has 19 heavy (non-hydrogen) atoms. The van der Waals surface area contributed by atoms with Crippen molar-refractivity contribution in [3.05, 3.63) is 22.4 Å². The topological polar surface area (TPSA) is 32.3 Å². The van der Waals surface area contributed by atoms with Crippen LogP contribution < -0.4 is 5.32 Å². The Morgan fingerprint density at radius 2 is 2.00 bits per heavy atom. The van der Waals surface area contributed by atoms with Crippen molar-refractivity contribution >= 4 is 29.7 Å². The van der Waals surface area contributed by atoms with Crippen LogP contribution in [0.1, 0.15) is 18.4 Å². The van der Waals surface area contributed by atoms with Gasteiger partial charge in [0.1, 0.15) is 0 Å². The molecule has 0 radical (unpaired) electrons. The third-order valence-corrected chi connectivity index (χ3v) is 5.04. The summed E-state index contributed by atoms with van der Waals surface area (Å²) in [5, 5.41) is 7.59. The molecule has 1 aromatic rings. The normalized spacial score (nSPS) is 26.4. The van der Waals surface area contributed by atoms with E-state index in [1.165, 1.54) is 12.8 Å². The maximum atomic E-state index is 12.3. The van der Waals surface area contributed by atoms with Gasteiger partial charge in [-0.2, -0.15) is 11.3 Å². The van der Waals surface area contributed by atoms with Gasteiger partial charge in [-0.05, 0) is 60.2 Å². The molecule has 0 spiro atoms. The fourth-order valence-electron chi connectivity index (χ4n) is 3.15. The Labute approximate surface area is 124 Å². The Morgan fingerprint density at radius 1 is 1.32 bits per heavy atom. The van der Waals surface area contributed by atoms with Gasteiger partial charge < -0.3 is 10.2 Å². The van der Waals surface area contributed by atoms with E-state index < -0.39 is 0 Å². The second-order valence-corrected chi connectivity index (χ2v) is 6.22. The first kappa shape index (κ1) is 14.8. The average Bonchev–Trinajstić information content (AvgIpc) is 2.98. The van der Waals surface area contributed by atoms with Crippen molar-refractivity contribution in [1.29, 1.82) is 0 Å². The van der Waals surface area contributed by atoms with E-state index >= 15 is 0 Å². The van der Waals surface area contributed by atoms with Crippen LogP contribution in [0.3, 0.4) is 0 Å². The summed E-state index contributed by atoms with van der Waals surface area (Å²) in [6, 6.07) is 2.05. The number of carbonyl (C=O) groups is 1. The Bertz CT molecular complexity index is 396. The molecule has 2 fully saturated rings. The number of carbonyl (C=O) groups excluding carboxylic acids is 1. The monoisotopic (exact) mass is 300 g/mol. The molecule has 106 valence electrons. The van der Waals surface area contributed by atoms with E-state index in [0.29, 0.717) is 12.3 Å². The molecular formula is C14H21ClN2OS. The molecule has 2 aliphatic rings. The van der Waals surface area contributed by atoms with Gasteiger partial charge in [0.2, 0.25) is 5.91 Å². The van der Waals surface area contributed by atoms with Crippen LogP contribution in [0.2, 0.25) is 0 Å². The molecule has 0 bridgehead atoms. The van der Waals surface area contributed by atoms with Gasteiger partial charge in [0, 0.05) is 13.1 Å². The lowest BCUT2D eigenvalue weighted by molar-refractivity contribution is -0.130. The summed E-state index contributed by atoms with van der Waals surface area (Å²) in [6.07, 6.45) is 2.93. The zero-order valence-corrected chi connectivity index (χ0v) is 12.6. The first-order valence-electron chi connectivity index (χ1n) is 6.82. The fraction of sp³-hybridized carbons (Fsp3) is 0.643. The number of likely N-dealkylation sites (tertiary alicyclic amines) is 1. The highest BCUT2D eigenvalue weighted by molar-refractivity contribution is 7.07. The van der Waals surface area contributed by atoms with Crippen LogP contribution in [0.5, 0.6) is 0 Å². The molecule has 3 rings (SSSR count). The third kappa shape index (κ3) is 3.50. The van der Waals surface area contributed by atoms with Crippen molar-refractivity contribution in [3.8, 4) is 0 Å². The molecule has 1 aromatic heterocycles. The molecule has 0 unspecified atom stereocenters. The number of halogens is 1. The van der Waals surface area contributed by atoms with Crippen LogP contribution in [-0.2, 0) is 11.2 Å². The zero-order chi connectivity index (χ0) is 12.4. The highest BCUT2D eigenvalue weighted by Crippen LogP contribution is 2.27. The molecule has 3 nitrogen and oxygen atoms in total. The highest BCUT2D eigenvalue weighted by Gasteiger charge is 2.31. The SMILES string of the molecule is Cl.O=C(Cc1ccsc1)N1CC[C@@H]2CNC[C@@H]2CC1. The van der Waals surface area contributed by atoms with Gasteiger partial charge in [-0.15, -0.1) is 12.4 Å². The largest absolute Gasteiger partial charge is 0.342 e. The minimum Gasteiger partial charge on any atom is -0.342 e. The Hall–Kier alpha value is -0.580. The number of nitrogens with one attached hydrogen (secondary N) is 1. The summed E-state index contributed by atoms with van der Waals surface area (Å²) >= 11 is 1.67. The van der Waals surface area contributed by atoms with Gasteiger partial charge in [-0.3, -0.25) is 4.79 Å². The molecule has 5 heteroatoms. The lowest BCUT2D eigenvalue weighted by Gasteiger charge is -2.20. The quantitative estimate of drug-likeness (QED) is 0.908. The smallest absolute Gasteiger partial charge is 0.227 e. The Morgan fingerprint density at radius 3 is 2.58 bits per heavy atom.